The molecule has 2 aromatic carbocycles. The van der Waals surface area contributed by atoms with Gasteiger partial charge in [-0.25, -0.2) is 0 Å². The molecule has 0 N–H and O–H groups in total. The van der Waals surface area contributed by atoms with Crippen molar-refractivity contribution in [2.75, 3.05) is 13.4 Å². The van der Waals surface area contributed by atoms with Gasteiger partial charge in [0.2, 0.25) is 6.79 Å². The summed E-state index contributed by atoms with van der Waals surface area (Å²) in [7, 11) is 0. The van der Waals surface area contributed by atoms with Gasteiger partial charge in [0, 0.05) is 30.1 Å². The van der Waals surface area contributed by atoms with Crippen molar-refractivity contribution in [3.8, 4) is 11.5 Å². The summed E-state index contributed by atoms with van der Waals surface area (Å²) >= 11 is 0. The second-order valence-electron chi connectivity index (χ2n) is 8.10. The number of furan rings is 1. The van der Waals surface area contributed by atoms with E-state index in [2.05, 4.69) is 0 Å². The summed E-state index contributed by atoms with van der Waals surface area (Å²) in [5, 5.41) is 0.939. The normalized spacial score (nSPS) is 15.6. The molecule has 31 heavy (non-hydrogen) atoms. The van der Waals surface area contributed by atoms with Crippen molar-refractivity contribution in [1.82, 2.24) is 4.90 Å². The Labute approximate surface area is 181 Å². The van der Waals surface area contributed by atoms with Gasteiger partial charge in [0.25, 0.3) is 5.91 Å². The van der Waals surface area contributed by atoms with Gasteiger partial charge in [0.1, 0.15) is 5.58 Å². The van der Waals surface area contributed by atoms with Gasteiger partial charge in [-0.2, -0.15) is 0 Å². The van der Waals surface area contributed by atoms with Crippen molar-refractivity contribution in [1.29, 1.82) is 0 Å². The molecule has 0 radical (unpaired) electrons. The highest BCUT2D eigenvalue weighted by atomic mass is 16.7. The summed E-state index contributed by atoms with van der Waals surface area (Å²) in [4.78, 5) is 15.8. The van der Waals surface area contributed by atoms with Crippen LogP contribution in [0.25, 0.3) is 11.0 Å². The second-order valence-corrected chi connectivity index (χ2v) is 8.10. The number of carbonyl (C=O) groups excluding carboxylic acids is 1. The van der Waals surface area contributed by atoms with Crippen LogP contribution in [0.2, 0.25) is 0 Å². The average molecular weight is 421 g/mol. The van der Waals surface area contributed by atoms with Crippen LogP contribution in [0.4, 0.5) is 0 Å². The van der Waals surface area contributed by atoms with E-state index in [9.17, 15) is 4.79 Å². The summed E-state index contributed by atoms with van der Waals surface area (Å²) in [5.74, 6) is 1.80. The minimum absolute atomic E-state index is 0.0736. The van der Waals surface area contributed by atoms with E-state index in [1.165, 1.54) is 0 Å². The topological polar surface area (TPSA) is 61.1 Å². The van der Waals surface area contributed by atoms with Gasteiger partial charge in [-0.1, -0.05) is 37.1 Å². The molecule has 0 bridgehead atoms. The molecule has 5 rings (SSSR count). The predicted molar refractivity (Wildman–Crippen MR) is 116 cm³/mol. The Morgan fingerprint density at radius 1 is 1.10 bits per heavy atom. The average Bonchev–Trinajstić information content (AvgIpc) is 3.55. The number of amides is 1. The third-order valence-electron chi connectivity index (χ3n) is 6.16. The number of hydrogen-bond donors (Lipinski definition) is 0. The number of nitrogens with zero attached hydrogens (tertiary/aromatic N) is 1. The van der Waals surface area contributed by atoms with Crippen LogP contribution in [0.5, 0.6) is 11.5 Å². The first kappa shape index (κ1) is 19.9. The largest absolute Gasteiger partial charge is 0.454 e. The van der Waals surface area contributed by atoms with Crippen molar-refractivity contribution >= 4 is 16.9 Å². The van der Waals surface area contributed by atoms with Crippen LogP contribution in [0.3, 0.4) is 0 Å². The fourth-order valence-corrected chi connectivity index (χ4v) is 4.57. The fourth-order valence-electron chi connectivity index (χ4n) is 4.57. The van der Waals surface area contributed by atoms with Crippen LogP contribution >= 0.6 is 0 Å². The summed E-state index contributed by atoms with van der Waals surface area (Å²) in [6, 6.07) is 13.9. The minimum atomic E-state index is -0.0736. The summed E-state index contributed by atoms with van der Waals surface area (Å²) < 4.78 is 22.7. The molecule has 0 spiro atoms. The highest BCUT2D eigenvalue weighted by molar-refractivity contribution is 5.99. The Kier molecular flexibility index (Phi) is 5.55. The lowest BCUT2D eigenvalue weighted by Crippen LogP contribution is -2.38. The van der Waals surface area contributed by atoms with Crippen molar-refractivity contribution in [3.05, 3.63) is 59.4 Å². The monoisotopic (exact) mass is 421 g/mol. The molecule has 6 nitrogen and oxygen atoms in total. The summed E-state index contributed by atoms with van der Waals surface area (Å²) in [6.07, 6.45) is 4.30. The van der Waals surface area contributed by atoms with Gasteiger partial charge in [-0.15, -0.1) is 0 Å². The van der Waals surface area contributed by atoms with E-state index in [1.54, 1.807) is 0 Å². The standard InChI is InChI=1S/C25H27NO5/c1-2-28-15-20-19-9-5-6-10-21(19)31-24(20)25(27)26(18-7-3-4-8-18)14-17-11-12-22-23(13-17)30-16-29-22/h5-6,9-13,18H,2-4,7-8,14-16H2,1H3. The molecule has 0 unspecified atom stereocenters. The molecule has 2 heterocycles. The Balaban J connectivity index is 1.50. The first-order valence-corrected chi connectivity index (χ1v) is 11.0. The molecule has 1 aromatic heterocycles. The summed E-state index contributed by atoms with van der Waals surface area (Å²) in [6.45, 7) is 3.64. The Morgan fingerprint density at radius 3 is 2.74 bits per heavy atom. The van der Waals surface area contributed by atoms with Crippen molar-refractivity contribution < 1.29 is 23.4 Å². The van der Waals surface area contributed by atoms with Gasteiger partial charge >= 0.3 is 0 Å². The zero-order chi connectivity index (χ0) is 21.2. The third kappa shape index (κ3) is 3.88. The predicted octanol–water partition coefficient (Wildman–Crippen LogP) is 5.28. The molecule has 1 fully saturated rings. The maximum atomic E-state index is 13.8. The van der Waals surface area contributed by atoms with Gasteiger partial charge in [0.05, 0.1) is 6.61 Å². The number of hydrogen-bond acceptors (Lipinski definition) is 5. The number of para-hydroxylation sites is 1. The van der Waals surface area contributed by atoms with E-state index >= 15 is 0 Å². The Bertz CT molecular complexity index is 1080. The van der Waals surface area contributed by atoms with Crippen LogP contribution in [0, 0.1) is 0 Å². The van der Waals surface area contributed by atoms with Crippen molar-refractivity contribution in [2.24, 2.45) is 0 Å². The van der Waals surface area contributed by atoms with Crippen molar-refractivity contribution in [2.45, 2.75) is 51.8 Å². The minimum Gasteiger partial charge on any atom is -0.454 e. The lowest BCUT2D eigenvalue weighted by molar-refractivity contribution is 0.0624. The SMILES string of the molecule is CCOCc1c(C(=O)N(Cc2ccc3c(c2)OCO3)C2CCCC2)oc2ccccc12. The number of ether oxygens (including phenoxy) is 3. The van der Waals surface area contributed by atoms with E-state index in [-0.39, 0.29) is 18.7 Å². The molecule has 1 amide bonds. The van der Waals surface area contributed by atoms with Crippen LogP contribution in [0.1, 0.15) is 54.3 Å². The van der Waals surface area contributed by atoms with E-state index in [1.807, 2.05) is 54.3 Å². The van der Waals surface area contributed by atoms with Crippen LogP contribution in [-0.2, 0) is 17.9 Å². The molecule has 162 valence electrons. The van der Waals surface area contributed by atoms with E-state index in [4.69, 9.17) is 18.6 Å². The fraction of sp³-hybridized carbons (Fsp3) is 0.400. The van der Waals surface area contributed by atoms with E-state index in [0.717, 1.165) is 59.3 Å². The molecule has 3 aromatic rings. The number of benzene rings is 2. The molecule has 0 atom stereocenters. The molecule has 0 saturated heterocycles. The molecular formula is C25H27NO5. The zero-order valence-electron chi connectivity index (χ0n) is 17.8. The van der Waals surface area contributed by atoms with Gasteiger partial charge in [-0.05, 0) is 43.5 Å². The Morgan fingerprint density at radius 2 is 1.90 bits per heavy atom. The van der Waals surface area contributed by atoms with Crippen LogP contribution < -0.4 is 9.47 Å². The lowest BCUT2D eigenvalue weighted by Gasteiger charge is -2.29. The number of carbonyl (C=O) groups is 1. The van der Waals surface area contributed by atoms with E-state index in [0.29, 0.717) is 25.5 Å². The highest BCUT2D eigenvalue weighted by Crippen LogP contribution is 2.35. The third-order valence-corrected chi connectivity index (χ3v) is 6.16. The van der Waals surface area contributed by atoms with Crippen LogP contribution in [0.15, 0.2) is 46.9 Å². The first-order valence-electron chi connectivity index (χ1n) is 11.0. The molecular weight excluding hydrogens is 394 g/mol. The van der Waals surface area contributed by atoms with Gasteiger partial charge in [-0.3, -0.25) is 4.79 Å². The molecule has 6 heteroatoms. The maximum absolute atomic E-state index is 13.8. The summed E-state index contributed by atoms with van der Waals surface area (Å²) in [5.41, 5.74) is 2.57. The van der Waals surface area contributed by atoms with E-state index < -0.39 is 0 Å². The smallest absolute Gasteiger partial charge is 0.290 e. The molecule has 1 aliphatic heterocycles. The number of fused-ring (bicyclic) bond motifs is 2. The first-order chi connectivity index (χ1) is 15.2. The maximum Gasteiger partial charge on any atom is 0.290 e. The molecule has 2 aliphatic rings. The van der Waals surface area contributed by atoms with Crippen LogP contribution in [-0.4, -0.2) is 30.2 Å². The second kappa shape index (κ2) is 8.63. The Hall–Kier alpha value is -2.99. The van der Waals surface area contributed by atoms with Gasteiger partial charge in [0.15, 0.2) is 17.3 Å². The highest BCUT2D eigenvalue weighted by Gasteiger charge is 2.32. The number of rotatable bonds is 7. The molecule has 1 aliphatic carbocycles. The zero-order valence-corrected chi connectivity index (χ0v) is 17.8. The van der Waals surface area contributed by atoms with Crippen molar-refractivity contribution in [3.63, 3.8) is 0 Å². The molecule has 1 saturated carbocycles. The lowest BCUT2D eigenvalue weighted by atomic mass is 10.1. The van der Waals surface area contributed by atoms with Gasteiger partial charge < -0.3 is 23.5 Å². The quantitative estimate of drug-likeness (QED) is 0.519.